The van der Waals surface area contributed by atoms with Crippen LogP contribution in [-0.4, -0.2) is 15.7 Å². The zero-order valence-electron chi connectivity index (χ0n) is 11.9. The van der Waals surface area contributed by atoms with Crippen molar-refractivity contribution in [3.8, 4) is 0 Å². The fourth-order valence-corrected chi connectivity index (χ4v) is 2.11. The minimum atomic E-state index is -0.383. The van der Waals surface area contributed by atoms with Crippen molar-refractivity contribution in [3.63, 3.8) is 0 Å². The van der Waals surface area contributed by atoms with Crippen LogP contribution in [0.2, 0.25) is 0 Å². The van der Waals surface area contributed by atoms with E-state index >= 15 is 0 Å². The fourth-order valence-electron chi connectivity index (χ4n) is 2.11. The van der Waals surface area contributed by atoms with E-state index in [0.717, 1.165) is 0 Å². The van der Waals surface area contributed by atoms with Crippen LogP contribution in [-0.2, 0) is 11.2 Å². The second-order valence-electron chi connectivity index (χ2n) is 5.26. The normalized spacial score (nSPS) is 10.8. The summed E-state index contributed by atoms with van der Waals surface area (Å²) in [5.74, 6) is 0.522. The third-order valence-corrected chi connectivity index (χ3v) is 3.03. The molecule has 0 amide bonds. The SMILES string of the molecule is Cc1cnc(CCC(=O)CC(C)C)c(C)c1[N+](=O)[O-]. The number of aryl methyl sites for hydroxylation is 2. The Balaban J connectivity index is 2.83. The summed E-state index contributed by atoms with van der Waals surface area (Å²) in [6.07, 6.45) is 2.92. The third-order valence-electron chi connectivity index (χ3n) is 3.03. The lowest BCUT2D eigenvalue weighted by atomic mass is 10.0. The van der Waals surface area contributed by atoms with Gasteiger partial charge in [0.15, 0.2) is 0 Å². The van der Waals surface area contributed by atoms with E-state index in [9.17, 15) is 14.9 Å². The zero-order valence-corrected chi connectivity index (χ0v) is 11.9. The highest BCUT2D eigenvalue weighted by Crippen LogP contribution is 2.24. The summed E-state index contributed by atoms with van der Waals surface area (Å²) in [6, 6.07) is 0. The molecule has 1 aromatic rings. The van der Waals surface area contributed by atoms with Gasteiger partial charge in [0.2, 0.25) is 0 Å². The maximum absolute atomic E-state index is 11.7. The average molecular weight is 264 g/mol. The van der Waals surface area contributed by atoms with Crippen LogP contribution < -0.4 is 0 Å². The molecule has 0 fully saturated rings. The smallest absolute Gasteiger partial charge is 0.278 e. The van der Waals surface area contributed by atoms with Crippen molar-refractivity contribution >= 4 is 11.5 Å². The number of aromatic nitrogens is 1. The Hall–Kier alpha value is -1.78. The molecule has 5 nitrogen and oxygen atoms in total. The lowest BCUT2D eigenvalue weighted by molar-refractivity contribution is -0.386. The summed E-state index contributed by atoms with van der Waals surface area (Å²) in [7, 11) is 0. The van der Waals surface area contributed by atoms with Crippen LogP contribution in [0.4, 0.5) is 5.69 Å². The Bertz CT molecular complexity index is 496. The summed E-state index contributed by atoms with van der Waals surface area (Å²) < 4.78 is 0. The van der Waals surface area contributed by atoms with E-state index in [1.165, 1.54) is 6.20 Å². The number of nitrogens with zero attached hydrogens (tertiary/aromatic N) is 2. The number of ketones is 1. The first kappa shape index (κ1) is 15.3. The average Bonchev–Trinajstić information content (AvgIpc) is 2.26. The predicted octanol–water partition coefficient (Wildman–Crippen LogP) is 3.15. The third kappa shape index (κ3) is 4.12. The summed E-state index contributed by atoms with van der Waals surface area (Å²) >= 11 is 0. The van der Waals surface area contributed by atoms with Crippen molar-refractivity contribution in [1.29, 1.82) is 0 Å². The Morgan fingerprint density at radius 3 is 2.58 bits per heavy atom. The first-order chi connectivity index (χ1) is 8.82. The van der Waals surface area contributed by atoms with E-state index in [2.05, 4.69) is 4.98 Å². The summed E-state index contributed by atoms with van der Waals surface area (Å²) in [5.41, 5.74) is 1.89. The summed E-state index contributed by atoms with van der Waals surface area (Å²) in [4.78, 5) is 26.5. The Labute approximate surface area is 113 Å². The quantitative estimate of drug-likeness (QED) is 0.584. The van der Waals surface area contributed by atoms with E-state index in [1.54, 1.807) is 13.8 Å². The molecule has 0 aromatic carbocycles. The highest BCUT2D eigenvalue weighted by molar-refractivity contribution is 5.78. The molecule has 0 aliphatic rings. The van der Waals surface area contributed by atoms with Gasteiger partial charge in [0.25, 0.3) is 5.69 Å². The lowest BCUT2D eigenvalue weighted by Gasteiger charge is -2.08. The number of rotatable bonds is 6. The van der Waals surface area contributed by atoms with Crippen LogP contribution in [0.25, 0.3) is 0 Å². The van der Waals surface area contributed by atoms with Gasteiger partial charge in [-0.05, 0) is 26.2 Å². The standard InChI is InChI=1S/C14H20N2O3/c1-9(2)7-12(17)5-6-13-11(4)14(16(18)19)10(3)8-15-13/h8-9H,5-7H2,1-4H3. The maximum Gasteiger partial charge on any atom is 0.278 e. The summed E-state index contributed by atoms with van der Waals surface area (Å²) in [6.45, 7) is 7.36. The first-order valence-electron chi connectivity index (χ1n) is 6.44. The van der Waals surface area contributed by atoms with Gasteiger partial charge < -0.3 is 0 Å². The first-order valence-corrected chi connectivity index (χ1v) is 6.44. The van der Waals surface area contributed by atoms with Gasteiger partial charge in [0.1, 0.15) is 5.78 Å². The predicted molar refractivity (Wildman–Crippen MR) is 73.1 cm³/mol. The molecule has 0 spiro atoms. The van der Waals surface area contributed by atoms with Gasteiger partial charge in [-0.25, -0.2) is 0 Å². The van der Waals surface area contributed by atoms with E-state index in [-0.39, 0.29) is 16.4 Å². The number of carbonyl (C=O) groups excluding carboxylic acids is 1. The molecular formula is C14H20N2O3. The minimum Gasteiger partial charge on any atom is -0.300 e. The van der Waals surface area contributed by atoms with Crippen molar-refractivity contribution in [2.75, 3.05) is 0 Å². The van der Waals surface area contributed by atoms with Gasteiger partial charge in [-0.3, -0.25) is 19.9 Å². The Morgan fingerprint density at radius 1 is 1.42 bits per heavy atom. The Kier molecular flexibility index (Phi) is 5.15. The maximum atomic E-state index is 11.7. The molecular weight excluding hydrogens is 244 g/mol. The van der Waals surface area contributed by atoms with Crippen molar-refractivity contribution in [2.24, 2.45) is 5.92 Å². The van der Waals surface area contributed by atoms with Crippen molar-refractivity contribution in [3.05, 3.63) is 33.1 Å². The molecule has 1 rings (SSSR count). The minimum absolute atomic E-state index is 0.112. The molecule has 0 aliphatic heterocycles. The number of pyridine rings is 1. The molecule has 5 heteroatoms. The number of hydrogen-bond acceptors (Lipinski definition) is 4. The molecule has 1 aromatic heterocycles. The van der Waals surface area contributed by atoms with Crippen LogP contribution in [0.1, 0.15) is 43.5 Å². The van der Waals surface area contributed by atoms with Crippen molar-refractivity contribution in [1.82, 2.24) is 4.98 Å². The molecule has 1 heterocycles. The molecule has 0 unspecified atom stereocenters. The highest BCUT2D eigenvalue weighted by atomic mass is 16.6. The molecule has 104 valence electrons. The second kappa shape index (κ2) is 6.41. The van der Waals surface area contributed by atoms with Crippen LogP contribution >= 0.6 is 0 Å². The zero-order chi connectivity index (χ0) is 14.6. The monoisotopic (exact) mass is 264 g/mol. The van der Waals surface area contributed by atoms with Gasteiger partial charge in [-0.1, -0.05) is 13.8 Å². The van der Waals surface area contributed by atoms with Crippen molar-refractivity contribution < 1.29 is 9.72 Å². The molecule has 0 N–H and O–H groups in total. The van der Waals surface area contributed by atoms with Gasteiger partial charge in [0, 0.05) is 30.2 Å². The molecule has 0 atom stereocenters. The summed E-state index contributed by atoms with van der Waals surface area (Å²) in [5, 5.41) is 11.0. The Morgan fingerprint density at radius 2 is 2.05 bits per heavy atom. The van der Waals surface area contributed by atoms with Gasteiger partial charge in [-0.15, -0.1) is 0 Å². The van der Waals surface area contributed by atoms with Crippen molar-refractivity contribution in [2.45, 2.75) is 47.0 Å². The van der Waals surface area contributed by atoms with Gasteiger partial charge in [0.05, 0.1) is 10.6 Å². The molecule has 0 aliphatic carbocycles. The number of nitro groups is 1. The molecule has 0 saturated carbocycles. The lowest BCUT2D eigenvalue weighted by Crippen LogP contribution is -2.07. The van der Waals surface area contributed by atoms with Gasteiger partial charge in [-0.2, -0.15) is 0 Å². The molecule has 0 bridgehead atoms. The number of carbonyl (C=O) groups is 1. The number of Topliss-reactive ketones (excluding diaryl/α,β-unsaturated/α-hetero) is 1. The van der Waals surface area contributed by atoms with Crippen LogP contribution in [0.15, 0.2) is 6.20 Å². The van der Waals surface area contributed by atoms with Crippen LogP contribution in [0.5, 0.6) is 0 Å². The highest BCUT2D eigenvalue weighted by Gasteiger charge is 2.19. The molecule has 19 heavy (non-hydrogen) atoms. The molecule has 0 radical (unpaired) electrons. The number of hydrogen-bond donors (Lipinski definition) is 0. The fraction of sp³-hybridized carbons (Fsp3) is 0.571. The van der Waals surface area contributed by atoms with Gasteiger partial charge >= 0.3 is 0 Å². The van der Waals surface area contributed by atoms with Crippen LogP contribution in [0.3, 0.4) is 0 Å². The van der Waals surface area contributed by atoms with E-state index in [4.69, 9.17) is 0 Å². The molecule has 0 saturated heterocycles. The van der Waals surface area contributed by atoms with E-state index in [0.29, 0.717) is 42.0 Å². The largest absolute Gasteiger partial charge is 0.300 e. The van der Waals surface area contributed by atoms with E-state index in [1.807, 2.05) is 13.8 Å². The second-order valence-corrected chi connectivity index (χ2v) is 5.26. The van der Waals surface area contributed by atoms with E-state index < -0.39 is 0 Å². The van der Waals surface area contributed by atoms with Crippen LogP contribution in [0, 0.1) is 29.9 Å². The topological polar surface area (TPSA) is 73.1 Å².